The van der Waals surface area contributed by atoms with Crippen LogP contribution >= 0.6 is 11.8 Å². The predicted octanol–water partition coefficient (Wildman–Crippen LogP) is 3.80. The summed E-state index contributed by atoms with van der Waals surface area (Å²) in [7, 11) is 0. The second kappa shape index (κ2) is 8.29. The molecule has 1 aromatic carbocycles. The normalized spacial score (nSPS) is 13.4. The number of carbonyl (C=O) groups excluding carboxylic acids is 1. The minimum Gasteiger partial charge on any atom is -0.355 e. The average molecular weight is 343 g/mol. The van der Waals surface area contributed by atoms with Crippen LogP contribution in [0.4, 0.5) is 0 Å². The number of carbonyl (C=O) groups is 1. The Kier molecular flexibility index (Phi) is 6.37. The van der Waals surface area contributed by atoms with Crippen LogP contribution in [-0.4, -0.2) is 27.7 Å². The first kappa shape index (κ1) is 18.5. The third kappa shape index (κ3) is 4.81. The Hall–Kier alpha value is -1.88. The summed E-state index contributed by atoms with van der Waals surface area (Å²) in [5, 5.41) is 3.46. The van der Waals surface area contributed by atoms with Crippen LogP contribution in [0.1, 0.15) is 42.3 Å². The molecule has 1 aromatic heterocycles. The monoisotopic (exact) mass is 343 g/mol. The van der Waals surface area contributed by atoms with Crippen molar-refractivity contribution in [2.24, 2.45) is 0 Å². The lowest BCUT2D eigenvalue weighted by atomic mass is 10.0. The Bertz CT molecular complexity index is 680. The van der Waals surface area contributed by atoms with Gasteiger partial charge in [0.05, 0.1) is 5.25 Å². The van der Waals surface area contributed by atoms with Crippen LogP contribution < -0.4 is 5.32 Å². The number of nitrogens with one attached hydrogen (secondary N) is 1. The van der Waals surface area contributed by atoms with Crippen LogP contribution in [0.3, 0.4) is 0 Å². The summed E-state index contributed by atoms with van der Waals surface area (Å²) < 4.78 is 0. The summed E-state index contributed by atoms with van der Waals surface area (Å²) in [5.74, 6) is 0.301. The van der Waals surface area contributed by atoms with E-state index in [1.807, 2.05) is 45.9 Å². The molecular formula is C19H25N3OS. The molecule has 2 rings (SSSR count). The molecule has 0 bridgehead atoms. The van der Waals surface area contributed by atoms with Gasteiger partial charge >= 0.3 is 0 Å². The first-order valence-electron chi connectivity index (χ1n) is 8.19. The van der Waals surface area contributed by atoms with Crippen LogP contribution in [0.2, 0.25) is 0 Å². The second-order valence-corrected chi connectivity index (χ2v) is 7.43. The molecule has 2 atom stereocenters. The van der Waals surface area contributed by atoms with Crippen LogP contribution in [0.15, 0.2) is 35.5 Å². The molecule has 0 saturated carbocycles. The molecule has 24 heavy (non-hydrogen) atoms. The number of aromatic nitrogens is 2. The summed E-state index contributed by atoms with van der Waals surface area (Å²) in [6.45, 7) is 10.6. The number of hydrogen-bond donors (Lipinski definition) is 1. The molecule has 0 radical (unpaired) electrons. The molecule has 0 aliphatic rings. The fraction of sp³-hybridized carbons (Fsp3) is 0.421. The highest BCUT2D eigenvalue weighted by atomic mass is 32.2. The second-order valence-electron chi connectivity index (χ2n) is 6.12. The van der Waals surface area contributed by atoms with Gasteiger partial charge in [0.1, 0.15) is 0 Å². The first-order chi connectivity index (χ1) is 11.4. The van der Waals surface area contributed by atoms with E-state index in [1.54, 1.807) is 0 Å². The molecule has 0 aliphatic carbocycles. The number of nitrogens with zero attached hydrogens (tertiary/aromatic N) is 2. The van der Waals surface area contributed by atoms with E-state index in [2.05, 4.69) is 34.3 Å². The summed E-state index contributed by atoms with van der Waals surface area (Å²) in [5.41, 5.74) is 4.27. The lowest BCUT2D eigenvalue weighted by Gasteiger charge is -2.16. The van der Waals surface area contributed by atoms with Crippen molar-refractivity contribution < 1.29 is 4.79 Å². The van der Waals surface area contributed by atoms with Gasteiger partial charge in [-0.25, -0.2) is 9.97 Å². The maximum atomic E-state index is 12.3. The largest absolute Gasteiger partial charge is 0.355 e. The third-order valence-corrected chi connectivity index (χ3v) is 5.18. The average Bonchev–Trinajstić information content (AvgIpc) is 2.57. The van der Waals surface area contributed by atoms with Gasteiger partial charge in [-0.3, -0.25) is 4.79 Å². The van der Waals surface area contributed by atoms with Crippen LogP contribution in [0.25, 0.3) is 0 Å². The lowest BCUT2D eigenvalue weighted by molar-refractivity contribution is -0.120. The zero-order chi connectivity index (χ0) is 17.7. The van der Waals surface area contributed by atoms with E-state index in [0.717, 1.165) is 17.0 Å². The van der Waals surface area contributed by atoms with Crippen molar-refractivity contribution in [3.8, 4) is 0 Å². The molecule has 0 aliphatic heterocycles. The Labute approximate surface area is 148 Å². The van der Waals surface area contributed by atoms with E-state index in [0.29, 0.717) is 11.7 Å². The van der Waals surface area contributed by atoms with Gasteiger partial charge in [-0.15, -0.1) is 0 Å². The molecule has 0 fully saturated rings. The van der Waals surface area contributed by atoms with E-state index in [9.17, 15) is 4.79 Å². The van der Waals surface area contributed by atoms with E-state index in [-0.39, 0.29) is 17.1 Å². The van der Waals surface area contributed by atoms with Crippen molar-refractivity contribution >= 4 is 17.7 Å². The Morgan fingerprint density at radius 1 is 1.08 bits per heavy atom. The van der Waals surface area contributed by atoms with Crippen LogP contribution in [-0.2, 0) is 4.79 Å². The van der Waals surface area contributed by atoms with Gasteiger partial charge in [-0.05, 0) is 44.7 Å². The van der Waals surface area contributed by atoms with Gasteiger partial charge in [0, 0.05) is 17.9 Å². The highest BCUT2D eigenvalue weighted by molar-refractivity contribution is 8.00. The van der Waals surface area contributed by atoms with Gasteiger partial charge in [0.25, 0.3) is 0 Å². The van der Waals surface area contributed by atoms with Gasteiger partial charge in [0.15, 0.2) is 5.16 Å². The highest BCUT2D eigenvalue weighted by Gasteiger charge is 2.17. The van der Waals surface area contributed by atoms with E-state index >= 15 is 0 Å². The lowest BCUT2D eigenvalue weighted by Crippen LogP contribution is -2.33. The Balaban J connectivity index is 1.90. The van der Waals surface area contributed by atoms with Crippen molar-refractivity contribution in [3.63, 3.8) is 0 Å². The molecular weight excluding hydrogens is 318 g/mol. The third-order valence-electron chi connectivity index (χ3n) is 4.21. The first-order valence-corrected chi connectivity index (χ1v) is 9.07. The van der Waals surface area contributed by atoms with Gasteiger partial charge in [0.2, 0.25) is 5.91 Å². The zero-order valence-electron chi connectivity index (χ0n) is 15.0. The number of aryl methyl sites for hydroxylation is 2. The zero-order valence-corrected chi connectivity index (χ0v) is 15.8. The molecule has 4 nitrogen and oxygen atoms in total. The number of rotatable bonds is 6. The molecule has 0 unspecified atom stereocenters. The summed E-state index contributed by atoms with van der Waals surface area (Å²) in [4.78, 5) is 21.3. The summed E-state index contributed by atoms with van der Waals surface area (Å²) >= 11 is 1.40. The predicted molar refractivity (Wildman–Crippen MR) is 99.4 cm³/mol. The van der Waals surface area contributed by atoms with E-state index in [1.165, 1.54) is 17.3 Å². The van der Waals surface area contributed by atoms with Crippen molar-refractivity contribution in [2.45, 2.75) is 50.9 Å². The molecule has 1 heterocycles. The maximum Gasteiger partial charge on any atom is 0.233 e. The summed E-state index contributed by atoms with van der Waals surface area (Å²) in [6, 6.07) is 10.2. The highest BCUT2D eigenvalue weighted by Crippen LogP contribution is 2.22. The van der Waals surface area contributed by atoms with Crippen molar-refractivity contribution in [1.29, 1.82) is 0 Å². The number of benzene rings is 1. The number of amides is 1. The minimum absolute atomic E-state index is 0.0160. The van der Waals surface area contributed by atoms with E-state index in [4.69, 9.17) is 0 Å². The molecule has 5 heteroatoms. The minimum atomic E-state index is -0.227. The topological polar surface area (TPSA) is 54.9 Å². The Morgan fingerprint density at radius 2 is 1.67 bits per heavy atom. The quantitative estimate of drug-likeness (QED) is 0.640. The van der Waals surface area contributed by atoms with Crippen molar-refractivity contribution in [2.75, 3.05) is 6.54 Å². The van der Waals surface area contributed by atoms with Gasteiger partial charge in [-0.2, -0.15) is 0 Å². The fourth-order valence-electron chi connectivity index (χ4n) is 2.30. The molecule has 128 valence electrons. The summed E-state index contributed by atoms with van der Waals surface area (Å²) in [6.07, 6.45) is 0. The molecule has 0 spiro atoms. The Morgan fingerprint density at radius 3 is 2.25 bits per heavy atom. The van der Waals surface area contributed by atoms with Crippen molar-refractivity contribution in [3.05, 3.63) is 52.8 Å². The molecule has 2 aromatic rings. The fourth-order valence-corrected chi connectivity index (χ4v) is 3.19. The van der Waals surface area contributed by atoms with Crippen LogP contribution in [0.5, 0.6) is 0 Å². The smallest absolute Gasteiger partial charge is 0.233 e. The standard InChI is InChI=1S/C19H25N3OS/c1-12(17-9-7-6-8-10-17)11-20-18(23)16(5)24-19-21-14(3)13(2)15(4)22-19/h6-10,12,16H,11H2,1-5H3,(H,20,23)/t12-,16+/m1/s1. The number of thioether (sulfide) groups is 1. The van der Waals surface area contributed by atoms with Crippen molar-refractivity contribution in [1.82, 2.24) is 15.3 Å². The van der Waals surface area contributed by atoms with Gasteiger partial charge in [-0.1, -0.05) is 49.0 Å². The maximum absolute atomic E-state index is 12.3. The molecule has 1 N–H and O–H groups in total. The molecule has 0 saturated heterocycles. The van der Waals surface area contributed by atoms with E-state index < -0.39 is 0 Å². The SMILES string of the molecule is Cc1nc(S[C@@H](C)C(=O)NC[C@@H](C)c2ccccc2)nc(C)c1C. The van der Waals surface area contributed by atoms with Crippen LogP contribution in [0, 0.1) is 20.8 Å². The molecule has 1 amide bonds. The number of hydrogen-bond acceptors (Lipinski definition) is 4. The van der Waals surface area contributed by atoms with Gasteiger partial charge < -0.3 is 5.32 Å².